The molecule has 1 amide bonds. The third-order valence-corrected chi connectivity index (χ3v) is 6.42. The zero-order chi connectivity index (χ0) is 24.1. The molecule has 1 aliphatic rings. The van der Waals surface area contributed by atoms with Gasteiger partial charge in [0, 0.05) is 31.4 Å². The van der Waals surface area contributed by atoms with Gasteiger partial charge in [-0.15, -0.1) is 0 Å². The van der Waals surface area contributed by atoms with E-state index in [4.69, 9.17) is 0 Å². The summed E-state index contributed by atoms with van der Waals surface area (Å²) < 4.78 is 17.3. The van der Waals surface area contributed by atoms with Gasteiger partial charge in [0.15, 0.2) is 0 Å². The molecule has 0 aliphatic carbocycles. The van der Waals surface area contributed by atoms with Crippen molar-refractivity contribution in [2.45, 2.75) is 39.8 Å². The van der Waals surface area contributed by atoms with Crippen LogP contribution in [-0.4, -0.2) is 47.2 Å². The van der Waals surface area contributed by atoms with E-state index >= 15 is 4.39 Å². The van der Waals surface area contributed by atoms with E-state index in [-0.39, 0.29) is 29.3 Å². The van der Waals surface area contributed by atoms with Gasteiger partial charge < -0.3 is 15.3 Å². The largest absolute Gasteiger partial charge is 0.479 e. The van der Waals surface area contributed by atoms with Crippen molar-refractivity contribution in [3.63, 3.8) is 0 Å². The summed E-state index contributed by atoms with van der Waals surface area (Å²) >= 11 is 0. The Balaban J connectivity index is 1.72. The minimum absolute atomic E-state index is 0.0164. The van der Waals surface area contributed by atoms with Crippen LogP contribution in [0.3, 0.4) is 0 Å². The molecule has 0 radical (unpaired) electrons. The Labute approximate surface area is 190 Å². The standard InChI is InChI=1S/C23H25FN6O3/c1-22(2,3)23(4,20(32)33)30-12-13-6-7-14(18(24)17(13)19(30)31)15-8-10-25-21(27-15)28-16-9-11-26-29(16)5/h6-11H,12H2,1-5H3,(H,32,33)(H,25,27,28)/t23-/m0/s1. The zero-order valence-corrected chi connectivity index (χ0v) is 19.0. The molecule has 1 aromatic carbocycles. The molecule has 0 saturated carbocycles. The second-order valence-electron chi connectivity index (χ2n) is 9.21. The smallest absolute Gasteiger partial charge is 0.329 e. The van der Waals surface area contributed by atoms with Crippen molar-refractivity contribution in [3.05, 3.63) is 53.6 Å². The number of aliphatic carboxylic acids is 1. The topological polar surface area (TPSA) is 113 Å². The molecule has 1 atom stereocenters. The lowest BCUT2D eigenvalue weighted by molar-refractivity contribution is -0.156. The number of amides is 1. The number of rotatable bonds is 5. The fraction of sp³-hybridized carbons (Fsp3) is 0.348. The SMILES string of the molecule is Cn1nccc1Nc1nccc(-c2ccc3c(c2F)C(=O)N([C@@](C)(C(=O)O)C(C)(C)C)C3)n1. The van der Waals surface area contributed by atoms with Crippen LogP contribution < -0.4 is 5.32 Å². The number of carboxylic acids is 1. The average Bonchev–Trinajstić information content (AvgIpc) is 3.30. The van der Waals surface area contributed by atoms with Gasteiger partial charge in [0.05, 0.1) is 17.5 Å². The predicted molar refractivity (Wildman–Crippen MR) is 119 cm³/mol. The minimum Gasteiger partial charge on any atom is -0.479 e. The van der Waals surface area contributed by atoms with E-state index < -0.39 is 28.6 Å². The third kappa shape index (κ3) is 3.51. The number of halogens is 1. The maximum absolute atomic E-state index is 15.7. The van der Waals surface area contributed by atoms with Crippen molar-refractivity contribution in [1.29, 1.82) is 0 Å². The second-order valence-corrected chi connectivity index (χ2v) is 9.21. The van der Waals surface area contributed by atoms with Crippen molar-refractivity contribution in [1.82, 2.24) is 24.6 Å². The van der Waals surface area contributed by atoms with Crippen LogP contribution in [0.5, 0.6) is 0 Å². The number of nitrogens with zero attached hydrogens (tertiary/aromatic N) is 5. The molecule has 4 rings (SSSR count). The molecule has 0 fully saturated rings. The Morgan fingerprint density at radius 3 is 2.48 bits per heavy atom. The van der Waals surface area contributed by atoms with Gasteiger partial charge in [-0.25, -0.2) is 19.2 Å². The number of aromatic nitrogens is 4. The van der Waals surface area contributed by atoms with E-state index in [1.165, 1.54) is 18.0 Å². The van der Waals surface area contributed by atoms with E-state index in [0.29, 0.717) is 11.4 Å². The number of carboxylic acid groups (broad SMARTS) is 1. The van der Waals surface area contributed by atoms with E-state index in [9.17, 15) is 14.7 Å². The average molecular weight is 452 g/mol. The zero-order valence-electron chi connectivity index (χ0n) is 19.0. The molecule has 3 heterocycles. The van der Waals surface area contributed by atoms with Crippen LogP contribution in [0.15, 0.2) is 36.7 Å². The molecular formula is C23H25FN6O3. The summed E-state index contributed by atoms with van der Waals surface area (Å²) in [6.45, 7) is 6.76. The Kier molecular flexibility index (Phi) is 5.18. The molecule has 172 valence electrons. The van der Waals surface area contributed by atoms with Crippen LogP contribution >= 0.6 is 0 Å². The molecule has 1 aliphatic heterocycles. The van der Waals surface area contributed by atoms with Gasteiger partial charge in [0.1, 0.15) is 17.2 Å². The highest BCUT2D eigenvalue weighted by molar-refractivity contribution is 6.02. The number of carbonyl (C=O) groups is 2. The highest BCUT2D eigenvalue weighted by Crippen LogP contribution is 2.42. The van der Waals surface area contributed by atoms with Crippen LogP contribution in [0.2, 0.25) is 0 Å². The van der Waals surface area contributed by atoms with Crippen molar-refractivity contribution < 1.29 is 19.1 Å². The molecule has 0 unspecified atom stereocenters. The highest BCUT2D eigenvalue weighted by atomic mass is 19.1. The van der Waals surface area contributed by atoms with Gasteiger partial charge in [-0.1, -0.05) is 26.8 Å². The van der Waals surface area contributed by atoms with E-state index in [2.05, 4.69) is 20.4 Å². The van der Waals surface area contributed by atoms with Crippen LogP contribution in [0, 0.1) is 11.2 Å². The number of anilines is 2. The number of nitrogens with one attached hydrogen (secondary N) is 1. The molecule has 0 saturated heterocycles. The summed E-state index contributed by atoms with van der Waals surface area (Å²) in [7, 11) is 1.76. The van der Waals surface area contributed by atoms with Crippen LogP contribution in [0.1, 0.15) is 43.6 Å². The number of fused-ring (bicyclic) bond motifs is 1. The first kappa shape index (κ1) is 22.4. The van der Waals surface area contributed by atoms with Crippen LogP contribution in [0.25, 0.3) is 11.3 Å². The van der Waals surface area contributed by atoms with Crippen molar-refractivity contribution in [3.8, 4) is 11.3 Å². The maximum Gasteiger partial charge on any atom is 0.329 e. The van der Waals surface area contributed by atoms with Crippen molar-refractivity contribution in [2.75, 3.05) is 5.32 Å². The lowest BCUT2D eigenvalue weighted by Gasteiger charge is -2.44. The Bertz CT molecular complexity index is 1270. The Morgan fingerprint density at radius 2 is 1.88 bits per heavy atom. The van der Waals surface area contributed by atoms with Gasteiger partial charge in [0.2, 0.25) is 5.95 Å². The van der Waals surface area contributed by atoms with E-state index in [0.717, 1.165) is 0 Å². The molecule has 10 heteroatoms. The molecule has 3 aromatic rings. The van der Waals surface area contributed by atoms with Crippen LogP contribution in [-0.2, 0) is 18.4 Å². The van der Waals surface area contributed by atoms with Gasteiger partial charge in [-0.2, -0.15) is 5.10 Å². The first-order valence-electron chi connectivity index (χ1n) is 10.4. The minimum atomic E-state index is -1.52. The lowest BCUT2D eigenvalue weighted by atomic mass is 9.73. The number of hydrogen-bond donors (Lipinski definition) is 2. The highest BCUT2D eigenvalue weighted by Gasteiger charge is 2.54. The monoisotopic (exact) mass is 452 g/mol. The summed E-state index contributed by atoms with van der Waals surface area (Å²) in [5, 5.41) is 17.0. The first-order chi connectivity index (χ1) is 15.4. The molecular weight excluding hydrogens is 427 g/mol. The summed E-state index contributed by atoms with van der Waals surface area (Å²) in [6.07, 6.45) is 3.11. The summed E-state index contributed by atoms with van der Waals surface area (Å²) in [5.41, 5.74) is -1.56. The molecule has 33 heavy (non-hydrogen) atoms. The number of hydrogen-bond acceptors (Lipinski definition) is 6. The van der Waals surface area contributed by atoms with Crippen molar-refractivity contribution >= 4 is 23.6 Å². The van der Waals surface area contributed by atoms with Gasteiger partial charge in [0.25, 0.3) is 5.91 Å². The first-order valence-corrected chi connectivity index (χ1v) is 10.4. The number of carbonyl (C=O) groups excluding carboxylic acids is 1. The number of benzene rings is 1. The Morgan fingerprint density at radius 1 is 1.15 bits per heavy atom. The summed E-state index contributed by atoms with van der Waals surface area (Å²) in [4.78, 5) is 35.3. The van der Waals surface area contributed by atoms with E-state index in [1.54, 1.807) is 63.0 Å². The number of aryl methyl sites for hydroxylation is 1. The molecule has 2 aromatic heterocycles. The molecule has 0 spiro atoms. The van der Waals surface area contributed by atoms with Crippen LogP contribution in [0.4, 0.5) is 16.2 Å². The summed E-state index contributed by atoms with van der Waals surface area (Å²) in [5.74, 6) is -1.62. The summed E-state index contributed by atoms with van der Waals surface area (Å²) in [6, 6.07) is 6.49. The normalized spacial score (nSPS) is 15.3. The second kappa shape index (κ2) is 7.65. The van der Waals surface area contributed by atoms with Crippen molar-refractivity contribution in [2.24, 2.45) is 12.5 Å². The third-order valence-electron chi connectivity index (χ3n) is 6.42. The maximum atomic E-state index is 15.7. The van der Waals surface area contributed by atoms with E-state index in [1.807, 2.05) is 0 Å². The molecule has 2 N–H and O–H groups in total. The quantitative estimate of drug-likeness (QED) is 0.608. The Hall–Kier alpha value is -3.82. The fourth-order valence-electron chi connectivity index (χ4n) is 3.94. The molecule has 9 nitrogen and oxygen atoms in total. The lowest BCUT2D eigenvalue weighted by Crippen LogP contribution is -2.60. The van der Waals surface area contributed by atoms with Gasteiger partial charge in [-0.3, -0.25) is 9.48 Å². The predicted octanol–water partition coefficient (Wildman–Crippen LogP) is 3.61. The van der Waals surface area contributed by atoms with Gasteiger partial charge in [-0.05, 0) is 30.0 Å². The van der Waals surface area contributed by atoms with Gasteiger partial charge >= 0.3 is 5.97 Å². The molecule has 0 bridgehead atoms. The fourth-order valence-corrected chi connectivity index (χ4v) is 3.94.